The molecule has 26 heavy (non-hydrogen) atoms. The van der Waals surface area contributed by atoms with Gasteiger partial charge in [-0.2, -0.15) is 0 Å². The Kier molecular flexibility index (Phi) is 4.14. The highest BCUT2D eigenvalue weighted by atomic mass is 16.5. The third-order valence-electron chi connectivity index (χ3n) is 5.19. The van der Waals surface area contributed by atoms with Gasteiger partial charge in [0.25, 0.3) is 11.5 Å². The van der Waals surface area contributed by atoms with Crippen LogP contribution in [0.5, 0.6) is 0 Å². The number of aryl methyl sites for hydroxylation is 1. The van der Waals surface area contributed by atoms with Gasteiger partial charge in [0.2, 0.25) is 5.76 Å². The summed E-state index contributed by atoms with van der Waals surface area (Å²) in [4.78, 5) is 42.7. The van der Waals surface area contributed by atoms with E-state index in [-0.39, 0.29) is 11.5 Å². The molecule has 4 rings (SSSR count). The number of aromatic nitrogens is 3. The van der Waals surface area contributed by atoms with Crippen LogP contribution in [0.2, 0.25) is 0 Å². The minimum absolute atomic E-state index is 0.127. The first-order valence-electron chi connectivity index (χ1n) is 8.86. The Balaban J connectivity index is 1.47. The number of hydrogen-bond donors (Lipinski definition) is 1. The fourth-order valence-corrected chi connectivity index (χ4v) is 3.57. The molecule has 0 spiro atoms. The van der Waals surface area contributed by atoms with E-state index < -0.39 is 5.69 Å². The highest BCUT2D eigenvalue weighted by Crippen LogP contribution is 2.25. The van der Waals surface area contributed by atoms with Crippen molar-refractivity contribution >= 4 is 11.7 Å². The molecule has 1 amide bonds. The van der Waals surface area contributed by atoms with Crippen LogP contribution in [0, 0.1) is 0 Å². The summed E-state index contributed by atoms with van der Waals surface area (Å²) in [5.74, 6) is 0.732. The van der Waals surface area contributed by atoms with Crippen molar-refractivity contribution in [2.24, 2.45) is 7.05 Å². The zero-order valence-electron chi connectivity index (χ0n) is 14.7. The molecular formula is C17H21N5O4. The van der Waals surface area contributed by atoms with Crippen LogP contribution in [0.15, 0.2) is 20.2 Å². The Labute approximate surface area is 149 Å². The van der Waals surface area contributed by atoms with Crippen LogP contribution in [-0.2, 0) is 19.9 Å². The summed E-state index contributed by atoms with van der Waals surface area (Å²) in [7, 11) is 1.43. The van der Waals surface area contributed by atoms with Crippen LogP contribution >= 0.6 is 0 Å². The first kappa shape index (κ1) is 16.6. The summed E-state index contributed by atoms with van der Waals surface area (Å²) in [5, 5.41) is 4.05. The Bertz CT molecular complexity index is 918. The number of nitrogens with zero attached hydrogens (tertiary/aromatic N) is 4. The average Bonchev–Trinajstić information content (AvgIpc) is 3.09. The average molecular weight is 359 g/mol. The molecule has 0 atom stereocenters. The van der Waals surface area contributed by atoms with Crippen molar-refractivity contribution in [1.82, 2.24) is 19.6 Å². The number of anilines is 1. The van der Waals surface area contributed by atoms with Crippen LogP contribution in [0.1, 0.15) is 34.7 Å². The number of hydrogen-bond acceptors (Lipinski definition) is 6. The molecule has 0 saturated carbocycles. The molecule has 2 aromatic rings. The summed E-state index contributed by atoms with van der Waals surface area (Å²) >= 11 is 0. The van der Waals surface area contributed by atoms with Gasteiger partial charge >= 0.3 is 5.69 Å². The molecule has 1 aliphatic carbocycles. The number of amides is 1. The van der Waals surface area contributed by atoms with Gasteiger partial charge in [0, 0.05) is 44.9 Å². The van der Waals surface area contributed by atoms with E-state index in [0.717, 1.165) is 41.5 Å². The van der Waals surface area contributed by atoms with Gasteiger partial charge in [0.05, 0.1) is 5.69 Å². The van der Waals surface area contributed by atoms with Crippen molar-refractivity contribution < 1.29 is 9.32 Å². The maximum absolute atomic E-state index is 12.8. The number of rotatable bonds is 2. The van der Waals surface area contributed by atoms with Crippen molar-refractivity contribution in [1.29, 1.82) is 0 Å². The summed E-state index contributed by atoms with van der Waals surface area (Å²) in [5.41, 5.74) is 1.07. The maximum atomic E-state index is 12.8. The summed E-state index contributed by atoms with van der Waals surface area (Å²) < 4.78 is 6.37. The van der Waals surface area contributed by atoms with E-state index in [1.54, 1.807) is 4.90 Å². The van der Waals surface area contributed by atoms with Crippen molar-refractivity contribution in [3.05, 3.63) is 43.9 Å². The Hall–Kier alpha value is -2.84. The Morgan fingerprint density at radius 3 is 2.62 bits per heavy atom. The number of carbonyl (C=O) groups is 1. The maximum Gasteiger partial charge on any atom is 0.329 e. The lowest BCUT2D eigenvalue weighted by Gasteiger charge is -2.35. The number of fused-ring (bicyclic) bond motifs is 1. The van der Waals surface area contributed by atoms with Crippen molar-refractivity contribution in [2.75, 3.05) is 31.1 Å². The van der Waals surface area contributed by atoms with E-state index in [1.807, 2.05) is 4.90 Å². The lowest BCUT2D eigenvalue weighted by atomic mass is 9.96. The standard InChI is InChI=1S/C17H21N5O4/c1-20-14(23)10-13(18-17(20)25)21-6-8-22(9-7-21)16(24)15-11-4-2-3-5-12(11)19-26-15/h10H,2-9H2,1H3,(H,18,25). The van der Waals surface area contributed by atoms with E-state index in [9.17, 15) is 14.4 Å². The fraction of sp³-hybridized carbons (Fsp3) is 0.529. The van der Waals surface area contributed by atoms with Gasteiger partial charge in [-0.05, 0) is 25.7 Å². The minimum atomic E-state index is -0.445. The molecule has 0 unspecified atom stereocenters. The summed E-state index contributed by atoms with van der Waals surface area (Å²) in [6.45, 7) is 2.05. The van der Waals surface area contributed by atoms with Crippen LogP contribution in [0.25, 0.3) is 0 Å². The number of piperazine rings is 1. The molecular weight excluding hydrogens is 338 g/mol. The number of H-pyrrole nitrogens is 1. The lowest BCUT2D eigenvalue weighted by Crippen LogP contribution is -2.50. The van der Waals surface area contributed by atoms with Crippen molar-refractivity contribution in [3.8, 4) is 0 Å². The minimum Gasteiger partial charge on any atom is -0.354 e. The van der Waals surface area contributed by atoms with Crippen LogP contribution < -0.4 is 16.1 Å². The van der Waals surface area contributed by atoms with Gasteiger partial charge in [-0.3, -0.25) is 19.1 Å². The molecule has 3 heterocycles. The highest BCUT2D eigenvalue weighted by molar-refractivity contribution is 5.93. The predicted molar refractivity (Wildman–Crippen MR) is 93.6 cm³/mol. The second-order valence-electron chi connectivity index (χ2n) is 6.78. The van der Waals surface area contributed by atoms with E-state index in [0.29, 0.717) is 37.8 Å². The van der Waals surface area contributed by atoms with E-state index >= 15 is 0 Å². The molecule has 0 bridgehead atoms. The van der Waals surface area contributed by atoms with Gasteiger partial charge < -0.3 is 14.3 Å². The predicted octanol–water partition coefficient (Wildman–Crippen LogP) is -0.0972. The SMILES string of the molecule is Cn1c(=O)cc(N2CCN(C(=O)c3onc4c3CCCC4)CC2)[nH]c1=O. The molecule has 1 saturated heterocycles. The third kappa shape index (κ3) is 2.83. The zero-order chi connectivity index (χ0) is 18.3. The van der Waals surface area contributed by atoms with E-state index in [2.05, 4.69) is 10.1 Å². The second kappa shape index (κ2) is 6.47. The molecule has 2 aromatic heterocycles. The van der Waals surface area contributed by atoms with Gasteiger partial charge in [-0.1, -0.05) is 5.16 Å². The van der Waals surface area contributed by atoms with Crippen molar-refractivity contribution in [2.45, 2.75) is 25.7 Å². The molecule has 1 N–H and O–H groups in total. The van der Waals surface area contributed by atoms with Crippen LogP contribution in [-0.4, -0.2) is 51.7 Å². The largest absolute Gasteiger partial charge is 0.354 e. The first-order valence-corrected chi connectivity index (χ1v) is 8.86. The number of nitrogens with one attached hydrogen (secondary N) is 1. The summed E-state index contributed by atoms with van der Waals surface area (Å²) in [6.07, 6.45) is 3.85. The zero-order valence-corrected chi connectivity index (χ0v) is 14.7. The second-order valence-corrected chi connectivity index (χ2v) is 6.78. The molecule has 1 aliphatic heterocycles. The van der Waals surface area contributed by atoms with E-state index in [4.69, 9.17) is 4.52 Å². The monoisotopic (exact) mass is 359 g/mol. The number of carbonyl (C=O) groups excluding carboxylic acids is 1. The molecule has 2 aliphatic rings. The lowest BCUT2D eigenvalue weighted by molar-refractivity contribution is 0.0703. The third-order valence-corrected chi connectivity index (χ3v) is 5.19. The Morgan fingerprint density at radius 1 is 1.15 bits per heavy atom. The van der Waals surface area contributed by atoms with Gasteiger partial charge in [-0.25, -0.2) is 4.79 Å². The van der Waals surface area contributed by atoms with E-state index in [1.165, 1.54) is 13.1 Å². The molecule has 9 nitrogen and oxygen atoms in total. The quantitative estimate of drug-likeness (QED) is 0.803. The first-order chi connectivity index (χ1) is 12.5. The van der Waals surface area contributed by atoms with Crippen LogP contribution in [0.3, 0.4) is 0 Å². The molecule has 9 heteroatoms. The molecule has 0 aromatic carbocycles. The summed E-state index contributed by atoms with van der Waals surface area (Å²) in [6, 6.07) is 1.41. The molecule has 0 radical (unpaired) electrons. The van der Waals surface area contributed by atoms with Gasteiger partial charge in [0.1, 0.15) is 5.82 Å². The van der Waals surface area contributed by atoms with Gasteiger partial charge in [0.15, 0.2) is 0 Å². The van der Waals surface area contributed by atoms with Crippen LogP contribution in [0.4, 0.5) is 5.82 Å². The Morgan fingerprint density at radius 2 is 1.88 bits per heavy atom. The van der Waals surface area contributed by atoms with Gasteiger partial charge in [-0.15, -0.1) is 0 Å². The normalized spacial score (nSPS) is 17.3. The number of aromatic amines is 1. The molecule has 1 fully saturated rings. The molecule has 138 valence electrons. The van der Waals surface area contributed by atoms with Crippen molar-refractivity contribution in [3.63, 3.8) is 0 Å². The fourth-order valence-electron chi connectivity index (χ4n) is 3.57. The smallest absolute Gasteiger partial charge is 0.329 e. The topological polar surface area (TPSA) is 104 Å². The highest BCUT2D eigenvalue weighted by Gasteiger charge is 2.30.